The number of carbonyl (C=O) groups is 3. The number of benzene rings is 2. The molecule has 4 amide bonds. The van der Waals surface area contributed by atoms with Gasteiger partial charge in [-0.3, -0.25) is 14.5 Å². The van der Waals surface area contributed by atoms with Crippen LogP contribution < -0.4 is 10.7 Å². The molecule has 2 heterocycles. The molecule has 3 unspecified atom stereocenters. The third-order valence-corrected chi connectivity index (χ3v) is 7.10. The number of nitrogens with zero attached hydrogens (tertiary/aromatic N) is 3. The number of urea groups is 1. The Morgan fingerprint density at radius 1 is 1.06 bits per heavy atom. The molecule has 3 fully saturated rings. The number of hydrogen-bond donors (Lipinski definition) is 2. The fourth-order valence-corrected chi connectivity index (χ4v) is 5.45. The lowest BCUT2D eigenvalue weighted by molar-refractivity contribution is -0.156. The van der Waals surface area contributed by atoms with Gasteiger partial charge in [-0.2, -0.15) is 5.43 Å². The second-order valence-corrected chi connectivity index (χ2v) is 9.50. The first-order chi connectivity index (χ1) is 16.5. The highest BCUT2D eigenvalue weighted by atomic mass is 35.5. The molecule has 0 bridgehead atoms. The average Bonchev–Trinajstić information content (AvgIpc) is 3.15. The van der Waals surface area contributed by atoms with Crippen molar-refractivity contribution in [3.63, 3.8) is 0 Å². The smallest absolute Gasteiger partial charge is 0.324 e. The molecule has 0 spiro atoms. The molecule has 3 aliphatic rings. The maximum atomic E-state index is 13.5. The van der Waals surface area contributed by atoms with Crippen molar-refractivity contribution in [3.8, 4) is 0 Å². The van der Waals surface area contributed by atoms with Gasteiger partial charge < -0.3 is 10.2 Å². The topological polar surface area (TPSA) is 85.0 Å². The van der Waals surface area contributed by atoms with E-state index in [0.29, 0.717) is 23.7 Å². The highest BCUT2D eigenvalue weighted by Gasteiger charge is 2.54. The van der Waals surface area contributed by atoms with E-state index in [-0.39, 0.29) is 36.3 Å². The molecule has 0 radical (unpaired) electrons. The Balaban J connectivity index is 1.33. The Hall–Kier alpha value is -3.10. The summed E-state index contributed by atoms with van der Waals surface area (Å²) in [7, 11) is 0. The SMILES string of the molecule is O=C(CN1NC2N(CCc3ccccc3)C(=O)C3CCCCC3N2C1=O)Nc1cccc(Cl)c1. The van der Waals surface area contributed by atoms with Crippen molar-refractivity contribution in [2.45, 2.75) is 44.4 Å². The predicted molar refractivity (Wildman–Crippen MR) is 129 cm³/mol. The largest absolute Gasteiger partial charge is 0.337 e. The number of hydrogen-bond acceptors (Lipinski definition) is 4. The van der Waals surface area contributed by atoms with E-state index in [1.165, 1.54) is 5.01 Å². The normalized spacial score (nSPS) is 24.1. The van der Waals surface area contributed by atoms with Crippen LogP contribution in [0.1, 0.15) is 31.2 Å². The fourth-order valence-electron chi connectivity index (χ4n) is 5.26. The van der Waals surface area contributed by atoms with E-state index in [2.05, 4.69) is 10.7 Å². The molecule has 34 heavy (non-hydrogen) atoms. The third-order valence-electron chi connectivity index (χ3n) is 6.86. The molecule has 9 heteroatoms. The number of carbonyl (C=O) groups excluding carboxylic acids is 3. The molecule has 2 aromatic rings. The predicted octanol–water partition coefficient (Wildman–Crippen LogP) is 3.45. The van der Waals surface area contributed by atoms with Crippen molar-refractivity contribution >= 4 is 35.1 Å². The third kappa shape index (κ3) is 4.48. The minimum atomic E-state index is -0.581. The summed E-state index contributed by atoms with van der Waals surface area (Å²) in [5.74, 6) is -0.440. The second kappa shape index (κ2) is 9.64. The van der Waals surface area contributed by atoms with E-state index >= 15 is 0 Å². The Morgan fingerprint density at radius 3 is 2.65 bits per heavy atom. The van der Waals surface area contributed by atoms with Crippen LogP contribution in [0.2, 0.25) is 5.02 Å². The van der Waals surface area contributed by atoms with E-state index in [0.717, 1.165) is 31.2 Å². The van der Waals surface area contributed by atoms with Crippen LogP contribution in [0.15, 0.2) is 54.6 Å². The van der Waals surface area contributed by atoms with E-state index in [9.17, 15) is 14.4 Å². The van der Waals surface area contributed by atoms with Gasteiger partial charge in [0.05, 0.1) is 5.92 Å². The number of nitrogens with one attached hydrogen (secondary N) is 2. The highest BCUT2D eigenvalue weighted by molar-refractivity contribution is 6.30. The summed E-state index contributed by atoms with van der Waals surface area (Å²) in [6.45, 7) is 0.326. The number of hydrazine groups is 1. The first-order valence-corrected chi connectivity index (χ1v) is 12.1. The van der Waals surface area contributed by atoms with Crippen molar-refractivity contribution in [1.82, 2.24) is 20.2 Å². The monoisotopic (exact) mass is 481 g/mol. The van der Waals surface area contributed by atoms with E-state index in [1.54, 1.807) is 34.1 Å². The van der Waals surface area contributed by atoms with Gasteiger partial charge in [0, 0.05) is 23.3 Å². The Kier molecular flexibility index (Phi) is 6.43. The lowest BCUT2D eigenvalue weighted by Gasteiger charge is -2.48. The quantitative estimate of drug-likeness (QED) is 0.661. The van der Waals surface area contributed by atoms with Gasteiger partial charge in [0.2, 0.25) is 11.8 Å². The molecule has 1 aliphatic carbocycles. The average molecular weight is 482 g/mol. The molecule has 2 aliphatic heterocycles. The van der Waals surface area contributed by atoms with Crippen LogP contribution >= 0.6 is 11.6 Å². The lowest BCUT2D eigenvalue weighted by atomic mass is 9.81. The zero-order valence-corrected chi connectivity index (χ0v) is 19.6. The summed E-state index contributed by atoms with van der Waals surface area (Å²) < 4.78 is 0. The summed E-state index contributed by atoms with van der Waals surface area (Å²) in [5, 5.41) is 4.62. The summed E-state index contributed by atoms with van der Waals surface area (Å²) >= 11 is 6.00. The Bertz CT molecular complexity index is 1080. The number of rotatable bonds is 6. The molecule has 2 aromatic carbocycles. The van der Waals surface area contributed by atoms with Crippen molar-refractivity contribution in [2.75, 3.05) is 18.4 Å². The Morgan fingerprint density at radius 2 is 1.85 bits per heavy atom. The molecule has 1 saturated carbocycles. The summed E-state index contributed by atoms with van der Waals surface area (Å²) in [4.78, 5) is 43.1. The summed E-state index contributed by atoms with van der Waals surface area (Å²) in [5.41, 5.74) is 4.85. The van der Waals surface area contributed by atoms with Crippen LogP contribution in [-0.4, -0.2) is 58.1 Å². The van der Waals surface area contributed by atoms with Crippen LogP contribution in [0.25, 0.3) is 0 Å². The zero-order valence-electron chi connectivity index (χ0n) is 18.8. The van der Waals surface area contributed by atoms with E-state index in [4.69, 9.17) is 11.6 Å². The van der Waals surface area contributed by atoms with Crippen LogP contribution in [0.4, 0.5) is 10.5 Å². The van der Waals surface area contributed by atoms with Crippen LogP contribution in [0.3, 0.4) is 0 Å². The van der Waals surface area contributed by atoms with Gasteiger partial charge in [-0.15, -0.1) is 0 Å². The highest BCUT2D eigenvalue weighted by Crippen LogP contribution is 2.38. The van der Waals surface area contributed by atoms with E-state index in [1.807, 2.05) is 30.3 Å². The molecule has 5 rings (SSSR count). The Labute approximate surface area is 203 Å². The van der Waals surface area contributed by atoms with Crippen molar-refractivity contribution in [3.05, 3.63) is 65.2 Å². The fraction of sp³-hybridized carbons (Fsp3) is 0.400. The molecule has 2 saturated heterocycles. The number of halogens is 1. The van der Waals surface area contributed by atoms with Crippen molar-refractivity contribution < 1.29 is 14.4 Å². The molecular formula is C25H28ClN5O3. The second-order valence-electron chi connectivity index (χ2n) is 9.06. The molecule has 2 N–H and O–H groups in total. The minimum Gasteiger partial charge on any atom is -0.324 e. The maximum absolute atomic E-state index is 13.5. The lowest BCUT2D eigenvalue weighted by Crippen LogP contribution is -2.66. The molecular weight excluding hydrogens is 454 g/mol. The molecule has 8 nitrogen and oxygen atoms in total. The zero-order chi connectivity index (χ0) is 23.7. The van der Waals surface area contributed by atoms with Gasteiger partial charge in [0.15, 0.2) is 6.29 Å². The summed E-state index contributed by atoms with van der Waals surface area (Å²) in [6.07, 6.45) is 3.68. The minimum absolute atomic E-state index is 0.0902. The first kappa shape index (κ1) is 22.7. The molecule has 178 valence electrons. The first-order valence-electron chi connectivity index (χ1n) is 11.8. The van der Waals surface area contributed by atoms with Crippen molar-refractivity contribution in [2.24, 2.45) is 5.92 Å². The van der Waals surface area contributed by atoms with Gasteiger partial charge in [-0.1, -0.05) is 60.8 Å². The van der Waals surface area contributed by atoms with Gasteiger partial charge in [0.25, 0.3) is 0 Å². The van der Waals surface area contributed by atoms with Crippen LogP contribution in [0.5, 0.6) is 0 Å². The van der Waals surface area contributed by atoms with Crippen molar-refractivity contribution in [1.29, 1.82) is 0 Å². The number of fused-ring (bicyclic) bond motifs is 3. The maximum Gasteiger partial charge on any atom is 0.337 e. The number of anilines is 1. The van der Waals surface area contributed by atoms with Gasteiger partial charge in [-0.25, -0.2) is 9.80 Å². The van der Waals surface area contributed by atoms with E-state index < -0.39 is 6.29 Å². The molecule has 0 aromatic heterocycles. The van der Waals surface area contributed by atoms with Gasteiger partial charge in [-0.05, 0) is 43.0 Å². The molecule has 3 atom stereocenters. The van der Waals surface area contributed by atoms with Gasteiger partial charge in [0.1, 0.15) is 6.54 Å². The standard InChI is InChI=1S/C25H28ClN5O3/c26-18-9-6-10-19(15-18)27-22(32)16-30-25(34)31-21-12-5-4-11-20(21)23(33)29(24(31)28-30)14-13-17-7-2-1-3-8-17/h1-3,6-10,15,20-21,24,28H,4-5,11-14,16H2,(H,27,32). The van der Waals surface area contributed by atoms with Crippen LogP contribution in [0, 0.1) is 5.92 Å². The summed E-state index contributed by atoms with van der Waals surface area (Å²) in [6, 6.07) is 16.5. The van der Waals surface area contributed by atoms with Crippen LogP contribution in [-0.2, 0) is 16.0 Å². The van der Waals surface area contributed by atoms with Gasteiger partial charge >= 0.3 is 6.03 Å². The number of amides is 4.